The van der Waals surface area contributed by atoms with Crippen LogP contribution in [0.3, 0.4) is 0 Å². The van der Waals surface area contributed by atoms with Crippen molar-refractivity contribution in [1.29, 1.82) is 0 Å². The summed E-state index contributed by atoms with van der Waals surface area (Å²) >= 11 is 0. The van der Waals surface area contributed by atoms with E-state index in [0.717, 1.165) is 18.8 Å². The maximum Gasteiger partial charge on any atom is 0.305 e. The molecule has 0 aromatic carbocycles. The maximum absolute atomic E-state index is 11.1. The second-order valence-corrected chi connectivity index (χ2v) is 4.29. The quantitative estimate of drug-likeness (QED) is 0.562. The maximum atomic E-state index is 11.1. The number of aromatic nitrogens is 2. The van der Waals surface area contributed by atoms with Gasteiger partial charge in [0.15, 0.2) is 5.82 Å². The molecule has 0 radical (unpaired) electrons. The summed E-state index contributed by atoms with van der Waals surface area (Å²) in [6, 6.07) is 0. The van der Waals surface area contributed by atoms with Gasteiger partial charge in [-0.1, -0.05) is 19.0 Å². The summed E-state index contributed by atoms with van der Waals surface area (Å²) in [7, 11) is 0. The Morgan fingerprint density at radius 2 is 2.28 bits per heavy atom. The highest BCUT2D eigenvalue weighted by atomic mass is 16.5. The summed E-state index contributed by atoms with van der Waals surface area (Å²) in [6.45, 7) is 7.52. The fourth-order valence-corrected chi connectivity index (χ4v) is 1.36. The van der Waals surface area contributed by atoms with E-state index in [1.165, 1.54) is 0 Å². The zero-order chi connectivity index (χ0) is 13.4. The minimum Gasteiger partial charge on any atom is -0.466 e. The van der Waals surface area contributed by atoms with Gasteiger partial charge in [-0.15, -0.1) is 0 Å². The minimum atomic E-state index is -0.154. The largest absolute Gasteiger partial charge is 0.466 e. The Morgan fingerprint density at radius 1 is 1.50 bits per heavy atom. The molecule has 0 unspecified atom stereocenters. The number of hydrogen-bond acceptors (Lipinski definition) is 6. The van der Waals surface area contributed by atoms with Gasteiger partial charge in [0.2, 0.25) is 5.89 Å². The van der Waals surface area contributed by atoms with Crippen molar-refractivity contribution >= 4 is 5.97 Å². The van der Waals surface area contributed by atoms with Gasteiger partial charge in [-0.2, -0.15) is 4.98 Å². The first kappa shape index (κ1) is 14.6. The Hall–Kier alpha value is -1.43. The van der Waals surface area contributed by atoms with Crippen LogP contribution in [-0.2, 0) is 16.1 Å². The molecule has 0 atom stereocenters. The van der Waals surface area contributed by atoms with Crippen LogP contribution in [0.1, 0.15) is 51.2 Å². The normalized spacial score (nSPS) is 10.9. The third-order valence-electron chi connectivity index (χ3n) is 2.32. The van der Waals surface area contributed by atoms with Crippen molar-refractivity contribution in [2.24, 2.45) is 0 Å². The summed E-state index contributed by atoms with van der Waals surface area (Å²) in [6.07, 6.45) is 1.17. The van der Waals surface area contributed by atoms with Crippen LogP contribution in [0, 0.1) is 0 Å². The van der Waals surface area contributed by atoms with E-state index < -0.39 is 0 Å². The fourth-order valence-electron chi connectivity index (χ4n) is 1.36. The first-order valence-electron chi connectivity index (χ1n) is 6.32. The predicted molar refractivity (Wildman–Crippen MR) is 66.0 cm³/mol. The molecule has 0 bridgehead atoms. The number of nitrogens with one attached hydrogen (secondary N) is 1. The molecule has 0 amide bonds. The van der Waals surface area contributed by atoms with Crippen LogP contribution < -0.4 is 5.32 Å². The van der Waals surface area contributed by atoms with Gasteiger partial charge in [-0.25, -0.2) is 0 Å². The molecule has 0 fully saturated rings. The first-order chi connectivity index (χ1) is 8.63. The second-order valence-electron chi connectivity index (χ2n) is 4.29. The van der Waals surface area contributed by atoms with Crippen LogP contribution in [0.5, 0.6) is 0 Å². The molecule has 0 aliphatic heterocycles. The van der Waals surface area contributed by atoms with Crippen LogP contribution >= 0.6 is 0 Å². The molecule has 0 aliphatic rings. The molecule has 1 heterocycles. The van der Waals surface area contributed by atoms with E-state index >= 15 is 0 Å². The van der Waals surface area contributed by atoms with Gasteiger partial charge in [0.1, 0.15) is 0 Å². The fraction of sp³-hybridized carbons (Fsp3) is 0.750. The topological polar surface area (TPSA) is 77.2 Å². The van der Waals surface area contributed by atoms with Crippen molar-refractivity contribution in [2.45, 2.75) is 46.1 Å². The Bertz CT molecular complexity index is 363. The lowest BCUT2D eigenvalue weighted by Gasteiger charge is -2.02. The lowest BCUT2D eigenvalue weighted by molar-refractivity contribution is -0.143. The molecule has 6 heteroatoms. The van der Waals surface area contributed by atoms with Crippen LogP contribution in [-0.4, -0.2) is 29.3 Å². The Labute approximate surface area is 107 Å². The summed E-state index contributed by atoms with van der Waals surface area (Å²) < 4.78 is 9.91. The van der Waals surface area contributed by atoms with Crippen molar-refractivity contribution in [3.8, 4) is 0 Å². The number of hydrogen-bond donors (Lipinski definition) is 1. The van der Waals surface area contributed by atoms with E-state index in [2.05, 4.69) is 15.5 Å². The van der Waals surface area contributed by atoms with E-state index in [1.807, 2.05) is 13.8 Å². The van der Waals surface area contributed by atoms with Gasteiger partial charge in [-0.05, 0) is 19.9 Å². The van der Waals surface area contributed by atoms with Gasteiger partial charge in [0, 0.05) is 12.3 Å². The molecule has 0 saturated heterocycles. The Morgan fingerprint density at radius 3 is 2.89 bits per heavy atom. The molecule has 6 nitrogen and oxygen atoms in total. The van der Waals surface area contributed by atoms with Crippen LogP contribution in [0.2, 0.25) is 0 Å². The van der Waals surface area contributed by atoms with Crippen LogP contribution in [0.4, 0.5) is 0 Å². The standard InChI is InChI=1S/C12H21N3O3/c1-4-17-11(16)6-5-7-13-8-10-14-12(9(2)3)15-18-10/h9,13H,4-8H2,1-3H3. The molecule has 1 aromatic rings. The molecule has 0 spiro atoms. The van der Waals surface area contributed by atoms with Gasteiger partial charge >= 0.3 is 5.97 Å². The molecule has 102 valence electrons. The van der Waals surface area contributed by atoms with Crippen molar-refractivity contribution < 1.29 is 14.1 Å². The monoisotopic (exact) mass is 255 g/mol. The van der Waals surface area contributed by atoms with Crippen molar-refractivity contribution in [2.75, 3.05) is 13.2 Å². The number of carbonyl (C=O) groups is 1. The van der Waals surface area contributed by atoms with Crippen LogP contribution in [0.15, 0.2) is 4.52 Å². The van der Waals surface area contributed by atoms with E-state index in [4.69, 9.17) is 9.26 Å². The average molecular weight is 255 g/mol. The zero-order valence-corrected chi connectivity index (χ0v) is 11.2. The van der Waals surface area contributed by atoms with E-state index in [0.29, 0.717) is 25.5 Å². The Kier molecular flexibility index (Phi) is 6.35. The third kappa shape index (κ3) is 5.27. The summed E-state index contributed by atoms with van der Waals surface area (Å²) in [5.41, 5.74) is 0. The molecule has 1 rings (SSSR count). The third-order valence-corrected chi connectivity index (χ3v) is 2.32. The van der Waals surface area contributed by atoms with Gasteiger partial charge in [0.05, 0.1) is 13.2 Å². The van der Waals surface area contributed by atoms with Gasteiger partial charge < -0.3 is 14.6 Å². The second kappa shape index (κ2) is 7.81. The van der Waals surface area contributed by atoms with E-state index in [9.17, 15) is 4.79 Å². The van der Waals surface area contributed by atoms with Crippen LogP contribution in [0.25, 0.3) is 0 Å². The highest BCUT2D eigenvalue weighted by Crippen LogP contribution is 2.09. The molecular formula is C12H21N3O3. The lowest BCUT2D eigenvalue weighted by Crippen LogP contribution is -2.16. The molecule has 18 heavy (non-hydrogen) atoms. The summed E-state index contributed by atoms with van der Waals surface area (Å²) in [4.78, 5) is 15.3. The molecular weight excluding hydrogens is 234 g/mol. The Balaban J connectivity index is 2.12. The minimum absolute atomic E-state index is 0.154. The predicted octanol–water partition coefficient (Wildman–Crippen LogP) is 1.63. The van der Waals surface area contributed by atoms with Gasteiger partial charge in [0.25, 0.3) is 0 Å². The van der Waals surface area contributed by atoms with Crippen molar-refractivity contribution in [1.82, 2.24) is 15.5 Å². The first-order valence-corrected chi connectivity index (χ1v) is 6.32. The number of ether oxygens (including phenoxy) is 1. The number of rotatable bonds is 8. The number of carbonyl (C=O) groups excluding carboxylic acids is 1. The zero-order valence-electron chi connectivity index (χ0n) is 11.2. The molecule has 0 saturated carbocycles. The smallest absolute Gasteiger partial charge is 0.305 e. The van der Waals surface area contributed by atoms with Crippen molar-refractivity contribution in [3.05, 3.63) is 11.7 Å². The average Bonchev–Trinajstić information content (AvgIpc) is 2.78. The van der Waals surface area contributed by atoms with E-state index in [1.54, 1.807) is 6.92 Å². The van der Waals surface area contributed by atoms with E-state index in [-0.39, 0.29) is 11.9 Å². The number of nitrogens with zero attached hydrogens (tertiary/aromatic N) is 2. The summed E-state index contributed by atoms with van der Waals surface area (Å²) in [5, 5.41) is 7.01. The molecule has 1 aromatic heterocycles. The van der Waals surface area contributed by atoms with Gasteiger partial charge in [-0.3, -0.25) is 4.79 Å². The lowest BCUT2D eigenvalue weighted by atomic mass is 10.2. The highest BCUT2D eigenvalue weighted by molar-refractivity contribution is 5.69. The summed E-state index contributed by atoms with van der Waals surface area (Å²) in [5.74, 6) is 1.42. The molecule has 0 aliphatic carbocycles. The highest BCUT2D eigenvalue weighted by Gasteiger charge is 2.08. The van der Waals surface area contributed by atoms with Crippen molar-refractivity contribution in [3.63, 3.8) is 0 Å². The molecule has 1 N–H and O–H groups in total. The number of esters is 1. The SMILES string of the molecule is CCOC(=O)CCCNCc1nc(C(C)C)no1.